The van der Waals surface area contributed by atoms with Crippen molar-refractivity contribution in [2.24, 2.45) is 0 Å². The van der Waals surface area contributed by atoms with Crippen LogP contribution in [-0.2, 0) is 0 Å². The van der Waals surface area contributed by atoms with Crippen LogP contribution in [0, 0.1) is 0 Å². The van der Waals surface area contributed by atoms with E-state index in [1.807, 2.05) is 37.3 Å². The van der Waals surface area contributed by atoms with Crippen LogP contribution in [0.25, 0.3) is 12.2 Å². The molecule has 4 heteroatoms. The topological polar surface area (TPSA) is 65.7 Å². The predicted octanol–water partition coefficient (Wildman–Crippen LogP) is 0.249. The Labute approximate surface area is 109 Å². The van der Waals surface area contributed by atoms with E-state index in [4.69, 9.17) is 0 Å². The second kappa shape index (κ2) is 5.82. The average Bonchev–Trinajstić information content (AvgIpc) is 2.42. The molecule has 0 radical (unpaired) electrons. The molecule has 2 aromatic rings. The second-order valence-corrected chi connectivity index (χ2v) is 3.98. The first-order valence-electron chi connectivity index (χ1n) is 5.93. The van der Waals surface area contributed by atoms with Crippen LogP contribution in [0.1, 0.15) is 12.5 Å². The van der Waals surface area contributed by atoms with Gasteiger partial charge in [0.25, 0.3) is 11.1 Å². The molecule has 1 aromatic heterocycles. The molecule has 0 bridgehead atoms. The number of aromatic amines is 2. The number of hydrogen-bond acceptors (Lipinski definition) is 2. The van der Waals surface area contributed by atoms with Crippen LogP contribution in [0.5, 0.6) is 0 Å². The van der Waals surface area contributed by atoms with Gasteiger partial charge in [0, 0.05) is 0 Å². The minimum absolute atomic E-state index is 0.244. The summed E-state index contributed by atoms with van der Waals surface area (Å²) < 4.78 is 0. The van der Waals surface area contributed by atoms with Gasteiger partial charge in [-0.05, 0) is 24.6 Å². The third-order valence-electron chi connectivity index (χ3n) is 2.55. The first-order chi connectivity index (χ1) is 9.20. The van der Waals surface area contributed by atoms with E-state index in [9.17, 15) is 9.59 Å². The number of nitrogens with one attached hydrogen (secondary N) is 2. The zero-order chi connectivity index (χ0) is 13.7. The summed E-state index contributed by atoms with van der Waals surface area (Å²) in [6.07, 6.45) is 6.68. The fourth-order valence-electron chi connectivity index (χ4n) is 1.62. The number of rotatable bonds is 2. The number of aromatic nitrogens is 2. The van der Waals surface area contributed by atoms with Gasteiger partial charge in [-0.2, -0.15) is 0 Å². The van der Waals surface area contributed by atoms with E-state index in [0.29, 0.717) is 0 Å². The molecule has 0 unspecified atom stereocenters. The summed E-state index contributed by atoms with van der Waals surface area (Å²) in [5, 5.41) is 0.488. The van der Waals surface area contributed by atoms with Gasteiger partial charge in [-0.1, -0.05) is 42.5 Å². The molecule has 4 nitrogen and oxygen atoms in total. The highest BCUT2D eigenvalue weighted by Gasteiger charge is 1.94. The molecule has 0 spiro atoms. The number of H-pyrrole nitrogens is 2. The van der Waals surface area contributed by atoms with E-state index in [1.165, 1.54) is 0 Å². The van der Waals surface area contributed by atoms with Crippen molar-refractivity contribution in [1.29, 1.82) is 0 Å². The van der Waals surface area contributed by atoms with Gasteiger partial charge in [0.2, 0.25) is 0 Å². The Bertz CT molecular complexity index is 812. The van der Waals surface area contributed by atoms with Crippen molar-refractivity contribution in [1.82, 2.24) is 9.97 Å². The summed E-state index contributed by atoms with van der Waals surface area (Å²) in [6, 6.07) is 9.34. The molecule has 2 rings (SSSR count). The van der Waals surface area contributed by atoms with Crippen molar-refractivity contribution in [2.75, 3.05) is 0 Å². The smallest absolute Gasteiger partial charge is 0.272 e. The van der Waals surface area contributed by atoms with Crippen LogP contribution in [-0.4, -0.2) is 9.97 Å². The third kappa shape index (κ3) is 3.19. The van der Waals surface area contributed by atoms with Crippen molar-refractivity contribution in [3.8, 4) is 0 Å². The van der Waals surface area contributed by atoms with Gasteiger partial charge in [0.05, 0.1) is 0 Å². The lowest BCUT2D eigenvalue weighted by Gasteiger charge is -1.92. The molecule has 0 saturated heterocycles. The second-order valence-electron chi connectivity index (χ2n) is 3.98. The van der Waals surface area contributed by atoms with Crippen molar-refractivity contribution in [3.63, 3.8) is 0 Å². The molecule has 0 aliphatic rings. The Hall–Kier alpha value is -2.62. The standard InChI is InChI=1S/C15H14N2O2/c1-2-3-9-12-14(18)17-13(15(19)16-12)10-11-7-5-4-6-8-11/h2-10H,1H3,(H,16,19)(H,17,18)/b3-2+,12-9+,13-10-. The molecule has 1 aromatic carbocycles. The molecule has 2 N–H and O–H groups in total. The van der Waals surface area contributed by atoms with Crippen LogP contribution in [0.4, 0.5) is 0 Å². The Morgan fingerprint density at radius 1 is 0.947 bits per heavy atom. The Morgan fingerprint density at radius 3 is 2.26 bits per heavy atom. The Kier molecular flexibility index (Phi) is 3.93. The van der Waals surface area contributed by atoms with Gasteiger partial charge in [-0.25, -0.2) is 0 Å². The van der Waals surface area contributed by atoms with Crippen molar-refractivity contribution in [3.05, 3.63) is 79.5 Å². The van der Waals surface area contributed by atoms with Crippen molar-refractivity contribution >= 4 is 12.2 Å². The van der Waals surface area contributed by atoms with Crippen LogP contribution >= 0.6 is 0 Å². The lowest BCUT2D eigenvalue weighted by molar-refractivity contribution is 1.00. The molecule has 96 valence electrons. The lowest BCUT2D eigenvalue weighted by Crippen LogP contribution is -2.46. The predicted molar refractivity (Wildman–Crippen MR) is 76.2 cm³/mol. The third-order valence-corrected chi connectivity index (χ3v) is 2.55. The maximum Gasteiger partial charge on any atom is 0.272 e. The Balaban J connectivity index is 2.63. The maximum atomic E-state index is 11.9. The van der Waals surface area contributed by atoms with Gasteiger partial charge < -0.3 is 9.97 Å². The van der Waals surface area contributed by atoms with Crippen LogP contribution in [0.15, 0.2) is 52.1 Å². The normalized spacial score (nSPS) is 13.3. The first kappa shape index (κ1) is 12.8. The van der Waals surface area contributed by atoms with Crippen LogP contribution in [0.2, 0.25) is 0 Å². The van der Waals surface area contributed by atoms with E-state index in [2.05, 4.69) is 9.97 Å². The van der Waals surface area contributed by atoms with Gasteiger partial charge in [-0.15, -0.1) is 0 Å². The fraction of sp³-hybridized carbons (Fsp3) is 0.0667. The lowest BCUT2D eigenvalue weighted by atomic mass is 10.2. The molecular weight excluding hydrogens is 240 g/mol. The van der Waals surface area contributed by atoms with Gasteiger partial charge in [-0.3, -0.25) is 9.59 Å². The highest BCUT2D eigenvalue weighted by atomic mass is 16.1. The SMILES string of the molecule is C/C=C/C=c1/[nH]c(=O)/c(=C/c2ccccc2)[nH]c1=O. The highest BCUT2D eigenvalue weighted by molar-refractivity contribution is 5.47. The molecule has 0 aliphatic heterocycles. The molecule has 0 atom stereocenters. The molecule has 1 heterocycles. The fourth-order valence-corrected chi connectivity index (χ4v) is 1.62. The summed E-state index contributed by atoms with van der Waals surface area (Å²) in [5.74, 6) is 0. The molecule has 0 amide bonds. The first-order valence-corrected chi connectivity index (χ1v) is 5.93. The summed E-state index contributed by atoms with van der Waals surface area (Å²) in [4.78, 5) is 28.8. The van der Waals surface area contributed by atoms with Crippen molar-refractivity contribution < 1.29 is 0 Å². The van der Waals surface area contributed by atoms with Crippen molar-refractivity contribution in [2.45, 2.75) is 6.92 Å². The number of benzene rings is 1. The average molecular weight is 254 g/mol. The molecule has 19 heavy (non-hydrogen) atoms. The van der Waals surface area contributed by atoms with E-state index in [-0.39, 0.29) is 21.8 Å². The summed E-state index contributed by atoms with van der Waals surface area (Å²) in [6.45, 7) is 1.83. The number of hydrogen-bond donors (Lipinski definition) is 2. The van der Waals surface area contributed by atoms with Gasteiger partial charge in [0.15, 0.2) is 0 Å². The van der Waals surface area contributed by atoms with E-state index in [1.54, 1.807) is 24.3 Å². The Morgan fingerprint density at radius 2 is 1.58 bits per heavy atom. The van der Waals surface area contributed by atoms with Crippen LogP contribution < -0.4 is 21.8 Å². The van der Waals surface area contributed by atoms with Gasteiger partial charge >= 0.3 is 0 Å². The molecule has 0 aliphatic carbocycles. The summed E-state index contributed by atoms with van der Waals surface area (Å²) in [5.41, 5.74) is 0.216. The van der Waals surface area contributed by atoms with E-state index < -0.39 is 0 Å². The van der Waals surface area contributed by atoms with E-state index in [0.717, 1.165) is 5.56 Å². The monoisotopic (exact) mass is 254 g/mol. The maximum absolute atomic E-state index is 11.9. The molecule has 0 saturated carbocycles. The quantitative estimate of drug-likeness (QED) is 0.806. The van der Waals surface area contributed by atoms with E-state index >= 15 is 0 Å². The largest absolute Gasteiger partial charge is 0.316 e. The zero-order valence-corrected chi connectivity index (χ0v) is 10.5. The zero-order valence-electron chi connectivity index (χ0n) is 10.5. The molecular formula is C15H14N2O2. The summed E-state index contributed by atoms with van der Waals surface area (Å²) >= 11 is 0. The minimum atomic E-state index is -0.320. The number of allylic oxidation sites excluding steroid dienone is 2. The van der Waals surface area contributed by atoms with Gasteiger partial charge in [0.1, 0.15) is 10.7 Å². The van der Waals surface area contributed by atoms with Crippen LogP contribution in [0.3, 0.4) is 0 Å². The minimum Gasteiger partial charge on any atom is -0.316 e. The summed E-state index contributed by atoms with van der Waals surface area (Å²) in [7, 11) is 0. The highest BCUT2D eigenvalue weighted by Crippen LogP contribution is 1.96. The molecule has 0 fully saturated rings.